The van der Waals surface area contributed by atoms with E-state index in [0.29, 0.717) is 38.7 Å². The fourth-order valence-corrected chi connectivity index (χ4v) is 3.36. The number of aryl methyl sites for hydroxylation is 2. The third-order valence-electron chi connectivity index (χ3n) is 4.55. The van der Waals surface area contributed by atoms with Crippen LogP contribution in [0.5, 0.6) is 0 Å². The molecule has 5 nitrogen and oxygen atoms in total. The third kappa shape index (κ3) is 3.91. The van der Waals surface area contributed by atoms with Gasteiger partial charge in [-0.05, 0) is 55.3 Å². The molecule has 0 radical (unpaired) electrons. The second kappa shape index (κ2) is 7.53. The highest BCUT2D eigenvalue weighted by Gasteiger charge is 2.12. The molecule has 4 rings (SSSR count). The summed E-state index contributed by atoms with van der Waals surface area (Å²) in [6, 6.07) is 15.3. The number of carbonyl (C=O) groups is 1. The first-order valence-corrected chi connectivity index (χ1v) is 9.37. The van der Waals surface area contributed by atoms with Gasteiger partial charge in [-0.25, -0.2) is 4.98 Å². The van der Waals surface area contributed by atoms with Gasteiger partial charge in [-0.1, -0.05) is 29.8 Å². The van der Waals surface area contributed by atoms with Crippen molar-refractivity contribution in [3.8, 4) is 11.3 Å². The van der Waals surface area contributed by atoms with Crippen LogP contribution in [0.25, 0.3) is 22.3 Å². The second-order valence-electron chi connectivity index (χ2n) is 6.82. The Labute approximate surface area is 172 Å². The van der Waals surface area contributed by atoms with Crippen LogP contribution in [0.3, 0.4) is 0 Å². The predicted octanol–water partition coefficient (Wildman–Crippen LogP) is 5.38. The van der Waals surface area contributed by atoms with Crippen LogP contribution in [0.1, 0.15) is 21.5 Å². The van der Waals surface area contributed by atoms with Crippen LogP contribution in [0.15, 0.2) is 70.0 Å². The average molecular weight is 405 g/mol. The zero-order valence-corrected chi connectivity index (χ0v) is 16.6. The van der Waals surface area contributed by atoms with E-state index in [0.717, 1.165) is 11.1 Å². The summed E-state index contributed by atoms with van der Waals surface area (Å²) in [6.07, 6.45) is 1.52. The number of aromatic nitrogens is 1. The van der Waals surface area contributed by atoms with Crippen molar-refractivity contribution in [1.29, 1.82) is 0 Å². The van der Waals surface area contributed by atoms with Gasteiger partial charge in [0.2, 0.25) is 0 Å². The summed E-state index contributed by atoms with van der Waals surface area (Å²) in [5.41, 5.74) is 3.56. The first-order chi connectivity index (χ1) is 13.9. The van der Waals surface area contributed by atoms with Crippen LogP contribution < -0.4 is 10.7 Å². The van der Waals surface area contributed by atoms with Gasteiger partial charge in [0.25, 0.3) is 5.91 Å². The molecule has 2 heterocycles. The maximum atomic E-state index is 12.5. The number of pyridine rings is 1. The molecule has 4 aromatic rings. The minimum atomic E-state index is -0.308. The van der Waals surface area contributed by atoms with E-state index in [1.807, 2.05) is 26.0 Å². The molecular weight excluding hydrogens is 388 g/mol. The number of halogens is 1. The average Bonchev–Trinajstić information content (AvgIpc) is 2.69. The highest BCUT2D eigenvalue weighted by atomic mass is 35.5. The molecule has 144 valence electrons. The topological polar surface area (TPSA) is 72.2 Å². The van der Waals surface area contributed by atoms with Gasteiger partial charge in [0.15, 0.2) is 5.43 Å². The minimum absolute atomic E-state index is 0.0955. The summed E-state index contributed by atoms with van der Waals surface area (Å²) < 4.78 is 6.00. The number of hydrogen-bond acceptors (Lipinski definition) is 4. The number of benzene rings is 2. The van der Waals surface area contributed by atoms with Crippen molar-refractivity contribution in [3.05, 3.63) is 92.7 Å². The van der Waals surface area contributed by atoms with Crippen molar-refractivity contribution in [3.63, 3.8) is 0 Å². The molecule has 0 saturated carbocycles. The molecule has 1 amide bonds. The standard InChI is InChI=1S/C23H17ClN2O3/c1-13-9-14(2)22-18(10-13)19(27)12-20(29-22)15-3-5-16(6-4-15)23(28)26-21-11-17(24)7-8-25-21/h3-12H,1-2H3,(H,25,26,28). The lowest BCUT2D eigenvalue weighted by Gasteiger charge is -2.08. The summed E-state index contributed by atoms with van der Waals surface area (Å²) in [7, 11) is 0. The summed E-state index contributed by atoms with van der Waals surface area (Å²) in [5.74, 6) is 0.522. The predicted molar refractivity (Wildman–Crippen MR) is 115 cm³/mol. The van der Waals surface area contributed by atoms with Crippen molar-refractivity contribution in [1.82, 2.24) is 4.98 Å². The molecule has 6 heteroatoms. The Morgan fingerprint density at radius 1 is 1.03 bits per heavy atom. The number of hydrogen-bond donors (Lipinski definition) is 1. The van der Waals surface area contributed by atoms with Crippen molar-refractivity contribution in [2.24, 2.45) is 0 Å². The summed E-state index contributed by atoms with van der Waals surface area (Å²) in [4.78, 5) is 29.0. The Bertz CT molecular complexity index is 1290. The fourth-order valence-electron chi connectivity index (χ4n) is 3.20. The van der Waals surface area contributed by atoms with Gasteiger partial charge >= 0.3 is 0 Å². The van der Waals surface area contributed by atoms with E-state index in [1.165, 1.54) is 12.3 Å². The zero-order chi connectivity index (χ0) is 20.5. The molecule has 29 heavy (non-hydrogen) atoms. The SMILES string of the molecule is Cc1cc(C)c2oc(-c3ccc(C(=O)Nc4cc(Cl)ccn4)cc3)cc(=O)c2c1. The van der Waals surface area contributed by atoms with E-state index >= 15 is 0 Å². The van der Waals surface area contributed by atoms with Crippen LogP contribution in [0.2, 0.25) is 5.02 Å². The molecule has 0 unspecified atom stereocenters. The smallest absolute Gasteiger partial charge is 0.256 e. The lowest BCUT2D eigenvalue weighted by Crippen LogP contribution is -2.12. The van der Waals surface area contributed by atoms with Gasteiger partial charge in [0.05, 0.1) is 5.39 Å². The monoisotopic (exact) mass is 404 g/mol. The molecule has 0 spiro atoms. The van der Waals surface area contributed by atoms with Crippen LogP contribution in [-0.2, 0) is 0 Å². The van der Waals surface area contributed by atoms with E-state index in [9.17, 15) is 9.59 Å². The van der Waals surface area contributed by atoms with Crippen molar-refractivity contribution < 1.29 is 9.21 Å². The maximum Gasteiger partial charge on any atom is 0.256 e. The molecule has 0 saturated heterocycles. The second-order valence-corrected chi connectivity index (χ2v) is 7.26. The highest BCUT2D eigenvalue weighted by Crippen LogP contribution is 2.25. The van der Waals surface area contributed by atoms with E-state index in [2.05, 4.69) is 10.3 Å². The Morgan fingerprint density at radius 2 is 1.79 bits per heavy atom. The van der Waals surface area contributed by atoms with Crippen molar-refractivity contribution in [2.45, 2.75) is 13.8 Å². The summed E-state index contributed by atoms with van der Waals surface area (Å²) in [5, 5.41) is 3.75. The van der Waals surface area contributed by atoms with Gasteiger partial charge in [-0.2, -0.15) is 0 Å². The van der Waals surface area contributed by atoms with E-state index in [1.54, 1.807) is 36.4 Å². The summed E-state index contributed by atoms with van der Waals surface area (Å²) >= 11 is 5.91. The van der Waals surface area contributed by atoms with Gasteiger partial charge in [-0.3, -0.25) is 9.59 Å². The molecule has 0 fully saturated rings. The molecule has 2 aromatic carbocycles. The number of nitrogens with one attached hydrogen (secondary N) is 1. The zero-order valence-electron chi connectivity index (χ0n) is 15.8. The highest BCUT2D eigenvalue weighted by molar-refractivity contribution is 6.30. The quantitative estimate of drug-likeness (QED) is 0.497. The van der Waals surface area contributed by atoms with Crippen LogP contribution >= 0.6 is 11.6 Å². The molecule has 0 aliphatic carbocycles. The Morgan fingerprint density at radius 3 is 2.52 bits per heavy atom. The number of fused-ring (bicyclic) bond motifs is 1. The molecule has 1 N–H and O–H groups in total. The number of carbonyl (C=O) groups excluding carboxylic acids is 1. The molecule has 0 bridgehead atoms. The largest absolute Gasteiger partial charge is 0.456 e. The van der Waals surface area contributed by atoms with Crippen LogP contribution in [-0.4, -0.2) is 10.9 Å². The Balaban J connectivity index is 1.64. The van der Waals surface area contributed by atoms with Crippen molar-refractivity contribution in [2.75, 3.05) is 5.32 Å². The van der Waals surface area contributed by atoms with Crippen LogP contribution in [0, 0.1) is 13.8 Å². The Hall–Kier alpha value is -3.44. The molecular formula is C23H17ClN2O3. The summed E-state index contributed by atoms with van der Waals surface area (Å²) in [6.45, 7) is 3.86. The van der Waals surface area contributed by atoms with Gasteiger partial charge < -0.3 is 9.73 Å². The van der Waals surface area contributed by atoms with Gasteiger partial charge in [0, 0.05) is 28.4 Å². The van der Waals surface area contributed by atoms with E-state index in [4.69, 9.17) is 16.0 Å². The first kappa shape index (κ1) is 18.9. The molecule has 0 atom stereocenters. The van der Waals surface area contributed by atoms with E-state index < -0.39 is 0 Å². The first-order valence-electron chi connectivity index (χ1n) is 8.99. The van der Waals surface area contributed by atoms with E-state index in [-0.39, 0.29) is 11.3 Å². The minimum Gasteiger partial charge on any atom is -0.456 e. The lowest BCUT2D eigenvalue weighted by molar-refractivity contribution is 0.102. The van der Waals surface area contributed by atoms with Crippen LogP contribution in [0.4, 0.5) is 5.82 Å². The number of amides is 1. The molecule has 0 aliphatic heterocycles. The fraction of sp³-hybridized carbons (Fsp3) is 0.0870. The van der Waals surface area contributed by atoms with Gasteiger partial charge in [0.1, 0.15) is 17.2 Å². The normalized spacial score (nSPS) is 10.9. The lowest BCUT2D eigenvalue weighted by atomic mass is 10.1. The Kier molecular flexibility index (Phi) is 4.91. The number of nitrogens with zero attached hydrogens (tertiary/aromatic N) is 1. The molecule has 2 aromatic heterocycles. The van der Waals surface area contributed by atoms with Gasteiger partial charge in [-0.15, -0.1) is 0 Å². The number of anilines is 1. The number of rotatable bonds is 3. The maximum absolute atomic E-state index is 12.5. The third-order valence-corrected chi connectivity index (χ3v) is 4.79. The van der Waals surface area contributed by atoms with Crippen molar-refractivity contribution >= 4 is 34.3 Å². The molecule has 0 aliphatic rings.